The summed E-state index contributed by atoms with van der Waals surface area (Å²) in [6.45, 7) is 6.78. The first-order valence-corrected chi connectivity index (χ1v) is 9.00. The lowest BCUT2D eigenvalue weighted by Crippen LogP contribution is -2.39. The number of nitrogens with one attached hydrogen (secondary N) is 2. The van der Waals surface area contributed by atoms with Crippen molar-refractivity contribution in [3.8, 4) is 5.75 Å². The van der Waals surface area contributed by atoms with E-state index in [0.29, 0.717) is 24.5 Å². The zero-order valence-electron chi connectivity index (χ0n) is 16.0. The van der Waals surface area contributed by atoms with Gasteiger partial charge in [0, 0.05) is 18.2 Å². The van der Waals surface area contributed by atoms with Crippen molar-refractivity contribution in [2.24, 2.45) is 0 Å². The van der Waals surface area contributed by atoms with E-state index >= 15 is 0 Å². The quantitative estimate of drug-likeness (QED) is 0.696. The van der Waals surface area contributed by atoms with E-state index < -0.39 is 5.97 Å². The molecule has 2 rings (SSSR count). The standard InChI is InChI=1S/C21H26N2O4/c1-4-26-19-8-6-5-7-18(19)14-27-20(24)17-11-9-16(10-12-17)13-22-21(25)23-15(2)3/h5-12,15H,4,13-14H2,1-3H3,(H2,22,23,25). The molecule has 0 aliphatic heterocycles. The van der Waals surface area contributed by atoms with Crippen LogP contribution in [0.4, 0.5) is 4.79 Å². The lowest BCUT2D eigenvalue weighted by Gasteiger charge is -2.11. The minimum Gasteiger partial charge on any atom is -0.493 e. The van der Waals surface area contributed by atoms with Crippen LogP contribution in [0.5, 0.6) is 5.75 Å². The maximum absolute atomic E-state index is 12.2. The molecule has 0 atom stereocenters. The molecule has 6 nitrogen and oxygen atoms in total. The molecule has 2 N–H and O–H groups in total. The third-order valence-electron chi connectivity index (χ3n) is 3.69. The van der Waals surface area contributed by atoms with Crippen LogP contribution in [0.25, 0.3) is 0 Å². The van der Waals surface area contributed by atoms with Crippen molar-refractivity contribution in [1.29, 1.82) is 0 Å². The van der Waals surface area contributed by atoms with Crippen LogP contribution in [-0.2, 0) is 17.9 Å². The first-order chi connectivity index (χ1) is 13.0. The summed E-state index contributed by atoms with van der Waals surface area (Å²) in [4.78, 5) is 23.8. The third-order valence-corrected chi connectivity index (χ3v) is 3.69. The molecule has 0 bridgehead atoms. The number of carbonyl (C=O) groups is 2. The Kier molecular flexibility index (Phi) is 7.67. The van der Waals surface area contributed by atoms with Crippen molar-refractivity contribution in [1.82, 2.24) is 10.6 Å². The van der Waals surface area contributed by atoms with Crippen LogP contribution < -0.4 is 15.4 Å². The molecule has 0 radical (unpaired) electrons. The molecule has 6 heteroatoms. The highest BCUT2D eigenvalue weighted by Crippen LogP contribution is 2.19. The average molecular weight is 370 g/mol. The summed E-state index contributed by atoms with van der Waals surface area (Å²) in [5.41, 5.74) is 2.18. The molecule has 0 saturated heterocycles. The normalized spacial score (nSPS) is 10.4. The van der Waals surface area contributed by atoms with Gasteiger partial charge in [0.1, 0.15) is 12.4 Å². The fourth-order valence-electron chi connectivity index (χ4n) is 2.40. The first kappa shape index (κ1) is 20.3. The number of benzene rings is 2. The summed E-state index contributed by atoms with van der Waals surface area (Å²) in [5.74, 6) is 0.312. The highest BCUT2D eigenvalue weighted by Gasteiger charge is 2.10. The Hall–Kier alpha value is -3.02. The summed E-state index contributed by atoms with van der Waals surface area (Å²) < 4.78 is 10.9. The largest absolute Gasteiger partial charge is 0.493 e. The Bertz CT molecular complexity index is 757. The number of hydrogen-bond acceptors (Lipinski definition) is 4. The van der Waals surface area contributed by atoms with Crippen molar-refractivity contribution >= 4 is 12.0 Å². The number of urea groups is 1. The van der Waals surface area contributed by atoms with Gasteiger partial charge >= 0.3 is 12.0 Å². The molecular formula is C21H26N2O4. The lowest BCUT2D eigenvalue weighted by molar-refractivity contribution is 0.0469. The van der Waals surface area contributed by atoms with E-state index in [2.05, 4.69) is 10.6 Å². The van der Waals surface area contributed by atoms with E-state index in [4.69, 9.17) is 9.47 Å². The number of rotatable bonds is 8. The van der Waals surface area contributed by atoms with Gasteiger partial charge in [-0.2, -0.15) is 0 Å². The molecule has 0 unspecified atom stereocenters. The van der Waals surface area contributed by atoms with Crippen molar-refractivity contribution in [2.45, 2.75) is 40.0 Å². The zero-order chi connectivity index (χ0) is 19.6. The van der Waals surface area contributed by atoms with E-state index in [9.17, 15) is 9.59 Å². The maximum atomic E-state index is 12.2. The van der Waals surface area contributed by atoms with E-state index in [1.807, 2.05) is 45.0 Å². The van der Waals surface area contributed by atoms with Gasteiger partial charge in [-0.25, -0.2) is 9.59 Å². The lowest BCUT2D eigenvalue weighted by atomic mass is 10.1. The molecule has 0 aliphatic rings. The van der Waals surface area contributed by atoms with Gasteiger partial charge < -0.3 is 20.1 Å². The van der Waals surface area contributed by atoms with Gasteiger partial charge in [0.2, 0.25) is 0 Å². The van der Waals surface area contributed by atoms with Crippen LogP contribution in [0.15, 0.2) is 48.5 Å². The van der Waals surface area contributed by atoms with Crippen LogP contribution in [0.2, 0.25) is 0 Å². The van der Waals surface area contributed by atoms with Gasteiger partial charge in [0.25, 0.3) is 0 Å². The van der Waals surface area contributed by atoms with Crippen molar-refractivity contribution in [3.05, 3.63) is 65.2 Å². The summed E-state index contributed by atoms with van der Waals surface area (Å²) in [5, 5.41) is 5.52. The SMILES string of the molecule is CCOc1ccccc1COC(=O)c1ccc(CNC(=O)NC(C)C)cc1. The predicted molar refractivity (Wildman–Crippen MR) is 104 cm³/mol. The van der Waals surface area contributed by atoms with Crippen LogP contribution in [0.1, 0.15) is 42.3 Å². The van der Waals surface area contributed by atoms with Crippen molar-refractivity contribution in [3.63, 3.8) is 0 Å². The Morgan fingerprint density at radius 2 is 1.74 bits per heavy atom. The fourth-order valence-corrected chi connectivity index (χ4v) is 2.40. The Labute approximate surface area is 159 Å². The highest BCUT2D eigenvalue weighted by atomic mass is 16.5. The number of amides is 2. The Morgan fingerprint density at radius 1 is 1.04 bits per heavy atom. The second-order valence-corrected chi connectivity index (χ2v) is 6.30. The second kappa shape index (κ2) is 10.2. The molecule has 0 fully saturated rings. The molecule has 2 amide bonds. The smallest absolute Gasteiger partial charge is 0.338 e. The Morgan fingerprint density at radius 3 is 2.41 bits per heavy atom. The van der Waals surface area contributed by atoms with Gasteiger partial charge in [0.05, 0.1) is 12.2 Å². The number of carbonyl (C=O) groups excluding carboxylic acids is 2. The Balaban J connectivity index is 1.87. The van der Waals surface area contributed by atoms with Gasteiger partial charge in [-0.15, -0.1) is 0 Å². The first-order valence-electron chi connectivity index (χ1n) is 9.00. The van der Waals surface area contributed by atoms with Gasteiger partial charge in [0.15, 0.2) is 0 Å². The predicted octanol–water partition coefficient (Wildman–Crippen LogP) is 3.65. The van der Waals surface area contributed by atoms with Crippen molar-refractivity contribution < 1.29 is 19.1 Å². The van der Waals surface area contributed by atoms with Gasteiger partial charge in [-0.05, 0) is 44.5 Å². The molecular weight excluding hydrogens is 344 g/mol. The van der Waals surface area contributed by atoms with Gasteiger partial charge in [-0.3, -0.25) is 0 Å². The van der Waals surface area contributed by atoms with E-state index in [0.717, 1.165) is 11.1 Å². The van der Waals surface area contributed by atoms with Gasteiger partial charge in [-0.1, -0.05) is 30.3 Å². The number of ether oxygens (including phenoxy) is 2. The molecule has 144 valence electrons. The average Bonchev–Trinajstić information content (AvgIpc) is 2.65. The topological polar surface area (TPSA) is 76.7 Å². The van der Waals surface area contributed by atoms with E-state index in [1.54, 1.807) is 24.3 Å². The molecule has 0 aromatic heterocycles. The minimum absolute atomic E-state index is 0.0787. The van der Waals surface area contributed by atoms with Crippen LogP contribution in [0, 0.1) is 0 Å². The number of esters is 1. The van der Waals surface area contributed by atoms with E-state index in [-0.39, 0.29) is 18.7 Å². The summed E-state index contributed by atoms with van der Waals surface area (Å²) >= 11 is 0. The van der Waals surface area contributed by atoms with Crippen LogP contribution in [0.3, 0.4) is 0 Å². The molecule has 0 spiro atoms. The van der Waals surface area contributed by atoms with E-state index in [1.165, 1.54) is 0 Å². The molecule has 27 heavy (non-hydrogen) atoms. The number of para-hydroxylation sites is 1. The molecule has 0 aliphatic carbocycles. The molecule has 2 aromatic carbocycles. The maximum Gasteiger partial charge on any atom is 0.338 e. The second-order valence-electron chi connectivity index (χ2n) is 6.30. The fraction of sp³-hybridized carbons (Fsp3) is 0.333. The zero-order valence-corrected chi connectivity index (χ0v) is 16.0. The molecule has 0 saturated carbocycles. The molecule has 0 heterocycles. The number of hydrogen-bond donors (Lipinski definition) is 2. The van der Waals surface area contributed by atoms with Crippen molar-refractivity contribution in [2.75, 3.05) is 6.61 Å². The summed E-state index contributed by atoms with van der Waals surface area (Å²) in [6, 6.07) is 14.3. The van der Waals surface area contributed by atoms with Crippen LogP contribution in [-0.4, -0.2) is 24.6 Å². The molecule has 2 aromatic rings. The monoisotopic (exact) mass is 370 g/mol. The highest BCUT2D eigenvalue weighted by molar-refractivity contribution is 5.89. The van der Waals surface area contributed by atoms with Crippen LogP contribution >= 0.6 is 0 Å². The third kappa shape index (κ3) is 6.66. The summed E-state index contributed by atoms with van der Waals surface area (Å²) in [6.07, 6.45) is 0. The summed E-state index contributed by atoms with van der Waals surface area (Å²) in [7, 11) is 0. The minimum atomic E-state index is -0.404.